The maximum absolute atomic E-state index is 12.2. The van der Waals surface area contributed by atoms with Gasteiger partial charge in [0, 0.05) is 19.5 Å². The number of para-hydroxylation sites is 1. The first-order valence-corrected chi connectivity index (χ1v) is 12.0. The maximum Gasteiger partial charge on any atom is 0.232 e. The van der Waals surface area contributed by atoms with E-state index < -0.39 is 10.0 Å². The summed E-state index contributed by atoms with van der Waals surface area (Å²) in [5.41, 5.74) is 0.259. The van der Waals surface area contributed by atoms with Crippen LogP contribution >= 0.6 is 23.2 Å². The fraction of sp³-hybridized carbons (Fsp3) is 0.632. The van der Waals surface area contributed by atoms with Crippen LogP contribution in [0.2, 0.25) is 10.0 Å². The van der Waals surface area contributed by atoms with Crippen LogP contribution in [0.15, 0.2) is 18.2 Å². The molecule has 0 fully saturated rings. The largest absolute Gasteiger partial charge is 0.356 e. The monoisotopic (exact) mass is 436 g/mol. The number of halogens is 2. The van der Waals surface area contributed by atoms with Crippen molar-refractivity contribution in [3.8, 4) is 0 Å². The fourth-order valence-corrected chi connectivity index (χ4v) is 4.53. The van der Waals surface area contributed by atoms with E-state index in [1.165, 1.54) is 4.31 Å². The quantitative estimate of drug-likeness (QED) is 0.507. The third-order valence-corrected chi connectivity index (χ3v) is 6.26. The van der Waals surface area contributed by atoms with E-state index in [4.69, 9.17) is 23.2 Å². The Morgan fingerprint density at radius 1 is 1.19 bits per heavy atom. The second-order valence-electron chi connectivity index (χ2n) is 6.73. The van der Waals surface area contributed by atoms with Crippen molar-refractivity contribution in [3.63, 3.8) is 0 Å². The molecule has 1 aromatic carbocycles. The highest BCUT2D eigenvalue weighted by molar-refractivity contribution is 7.92. The summed E-state index contributed by atoms with van der Waals surface area (Å²) in [6.45, 7) is 5.10. The zero-order valence-corrected chi connectivity index (χ0v) is 18.6. The summed E-state index contributed by atoms with van der Waals surface area (Å²) in [7, 11) is -3.57. The Labute approximate surface area is 173 Å². The minimum absolute atomic E-state index is 0.0661. The van der Waals surface area contributed by atoms with Crippen LogP contribution in [0.5, 0.6) is 0 Å². The molecule has 27 heavy (non-hydrogen) atoms. The topological polar surface area (TPSA) is 66.5 Å². The number of unbranched alkanes of at least 4 members (excludes halogenated alkanes) is 1. The molecule has 0 aliphatic rings. The van der Waals surface area contributed by atoms with Crippen LogP contribution in [0.1, 0.15) is 52.4 Å². The Morgan fingerprint density at radius 2 is 1.81 bits per heavy atom. The zero-order chi connectivity index (χ0) is 20.4. The molecular weight excluding hydrogens is 407 g/mol. The van der Waals surface area contributed by atoms with Crippen molar-refractivity contribution in [3.05, 3.63) is 28.2 Å². The molecule has 5 nitrogen and oxygen atoms in total. The number of benzene rings is 1. The molecule has 1 amide bonds. The molecule has 154 valence electrons. The smallest absolute Gasteiger partial charge is 0.232 e. The average molecular weight is 437 g/mol. The van der Waals surface area contributed by atoms with Crippen LogP contribution in [-0.4, -0.2) is 33.7 Å². The average Bonchev–Trinajstić information content (AvgIpc) is 2.59. The summed E-state index contributed by atoms with van der Waals surface area (Å²) in [6, 6.07) is 4.84. The number of hydrogen-bond donors (Lipinski definition) is 1. The van der Waals surface area contributed by atoms with Crippen molar-refractivity contribution in [2.24, 2.45) is 5.92 Å². The summed E-state index contributed by atoms with van der Waals surface area (Å²) >= 11 is 12.3. The number of rotatable bonds is 12. The summed E-state index contributed by atoms with van der Waals surface area (Å²) in [6.07, 6.45) is 6.19. The van der Waals surface area contributed by atoms with Gasteiger partial charge in [0.15, 0.2) is 0 Å². The van der Waals surface area contributed by atoms with Crippen LogP contribution in [0.4, 0.5) is 5.69 Å². The molecule has 8 heteroatoms. The van der Waals surface area contributed by atoms with Gasteiger partial charge in [0.05, 0.1) is 22.0 Å². The van der Waals surface area contributed by atoms with E-state index in [1.807, 2.05) is 0 Å². The first-order valence-electron chi connectivity index (χ1n) is 9.39. The second-order valence-corrected chi connectivity index (χ2v) is 9.45. The molecule has 0 heterocycles. The minimum Gasteiger partial charge on any atom is -0.356 e. The molecule has 0 unspecified atom stereocenters. The standard InChI is InChI=1S/C19H30Cl2N2O3S/c1-4-6-9-15(5-2)14-22-18(24)12-8-13-23(27(3,25)26)19-16(20)10-7-11-17(19)21/h7,10-11,15H,4-6,8-9,12-14H2,1-3H3,(H,22,24)/t15-/m0/s1. The molecule has 1 aromatic rings. The number of sulfonamides is 1. The maximum atomic E-state index is 12.2. The SMILES string of the molecule is CCCC[C@H](CC)CNC(=O)CCCN(c1c(Cl)cccc1Cl)S(C)(=O)=O. The molecule has 1 atom stereocenters. The van der Waals surface area contributed by atoms with E-state index in [0.717, 1.165) is 31.9 Å². The molecule has 0 bridgehead atoms. The highest BCUT2D eigenvalue weighted by atomic mass is 35.5. The summed E-state index contributed by atoms with van der Waals surface area (Å²) < 4.78 is 25.5. The van der Waals surface area contributed by atoms with Crippen molar-refractivity contribution in [2.45, 2.75) is 52.4 Å². The molecule has 0 aromatic heterocycles. The molecule has 0 saturated heterocycles. The van der Waals surface area contributed by atoms with E-state index in [1.54, 1.807) is 18.2 Å². The third-order valence-electron chi connectivity index (χ3n) is 4.48. The van der Waals surface area contributed by atoms with Gasteiger partial charge < -0.3 is 5.32 Å². The number of amides is 1. The van der Waals surface area contributed by atoms with E-state index in [-0.39, 0.29) is 34.6 Å². The van der Waals surface area contributed by atoms with Gasteiger partial charge in [-0.3, -0.25) is 9.10 Å². The van der Waals surface area contributed by atoms with Crippen molar-refractivity contribution < 1.29 is 13.2 Å². The molecule has 1 rings (SSSR count). The lowest BCUT2D eigenvalue weighted by Crippen LogP contribution is -2.33. The first kappa shape index (κ1) is 24.1. The Bertz CT molecular complexity index is 691. The predicted octanol–water partition coefficient (Wildman–Crippen LogP) is 4.87. The van der Waals surface area contributed by atoms with Crippen molar-refractivity contribution in [1.82, 2.24) is 5.32 Å². The van der Waals surface area contributed by atoms with Gasteiger partial charge in [-0.25, -0.2) is 8.42 Å². The number of carbonyl (C=O) groups is 1. The van der Waals surface area contributed by atoms with Crippen LogP contribution in [0, 0.1) is 5.92 Å². The lowest BCUT2D eigenvalue weighted by atomic mass is 9.99. The Morgan fingerprint density at radius 3 is 2.33 bits per heavy atom. The predicted molar refractivity (Wildman–Crippen MR) is 114 cm³/mol. The highest BCUT2D eigenvalue weighted by Crippen LogP contribution is 2.35. The van der Waals surface area contributed by atoms with Gasteiger partial charge in [0.1, 0.15) is 0 Å². The first-order chi connectivity index (χ1) is 12.7. The van der Waals surface area contributed by atoms with Gasteiger partial charge in [-0.05, 0) is 30.9 Å². The Kier molecular flexibility index (Phi) is 10.5. The molecular formula is C19H30Cl2N2O3S. The molecule has 0 aliphatic heterocycles. The van der Waals surface area contributed by atoms with Crippen molar-refractivity contribution >= 4 is 44.8 Å². The number of hydrogen-bond acceptors (Lipinski definition) is 3. The number of anilines is 1. The van der Waals surface area contributed by atoms with E-state index >= 15 is 0 Å². The third kappa shape index (κ3) is 8.28. The van der Waals surface area contributed by atoms with Gasteiger partial charge in [-0.15, -0.1) is 0 Å². The highest BCUT2D eigenvalue weighted by Gasteiger charge is 2.22. The minimum atomic E-state index is -3.57. The lowest BCUT2D eigenvalue weighted by Gasteiger charge is -2.24. The second kappa shape index (κ2) is 11.8. The van der Waals surface area contributed by atoms with Gasteiger partial charge in [-0.1, -0.05) is 62.4 Å². The van der Waals surface area contributed by atoms with Gasteiger partial charge in [0.2, 0.25) is 15.9 Å². The fourth-order valence-electron chi connectivity index (χ4n) is 2.84. The van der Waals surface area contributed by atoms with Crippen LogP contribution in [0.3, 0.4) is 0 Å². The van der Waals surface area contributed by atoms with Gasteiger partial charge in [0.25, 0.3) is 0 Å². The normalized spacial score (nSPS) is 12.6. The van der Waals surface area contributed by atoms with Crippen LogP contribution in [0.25, 0.3) is 0 Å². The Balaban J connectivity index is 2.62. The summed E-state index contributed by atoms with van der Waals surface area (Å²) in [5, 5.41) is 3.48. The Hall–Kier alpha value is -0.980. The van der Waals surface area contributed by atoms with Crippen molar-refractivity contribution in [2.75, 3.05) is 23.7 Å². The molecule has 1 N–H and O–H groups in total. The van der Waals surface area contributed by atoms with Crippen molar-refractivity contribution in [1.29, 1.82) is 0 Å². The number of carbonyl (C=O) groups excluding carboxylic acids is 1. The molecule has 0 saturated carbocycles. The number of nitrogens with zero attached hydrogens (tertiary/aromatic N) is 1. The van der Waals surface area contributed by atoms with E-state index in [9.17, 15) is 13.2 Å². The summed E-state index contributed by atoms with van der Waals surface area (Å²) in [5.74, 6) is 0.423. The summed E-state index contributed by atoms with van der Waals surface area (Å²) in [4.78, 5) is 12.1. The molecule has 0 radical (unpaired) electrons. The zero-order valence-electron chi connectivity index (χ0n) is 16.3. The van der Waals surface area contributed by atoms with Crippen LogP contribution < -0.4 is 9.62 Å². The van der Waals surface area contributed by atoms with E-state index in [0.29, 0.717) is 18.9 Å². The van der Waals surface area contributed by atoms with Gasteiger partial charge in [-0.2, -0.15) is 0 Å². The van der Waals surface area contributed by atoms with Gasteiger partial charge >= 0.3 is 0 Å². The molecule has 0 spiro atoms. The van der Waals surface area contributed by atoms with E-state index in [2.05, 4.69) is 19.2 Å². The number of nitrogens with one attached hydrogen (secondary N) is 1. The molecule has 0 aliphatic carbocycles. The van der Waals surface area contributed by atoms with Crippen LogP contribution in [-0.2, 0) is 14.8 Å². The lowest BCUT2D eigenvalue weighted by molar-refractivity contribution is -0.121.